The Balaban J connectivity index is 1.96. The van der Waals surface area contributed by atoms with Crippen LogP contribution in [0.2, 0.25) is 0 Å². The largest absolute Gasteiger partial charge is 0.464 e. The zero-order chi connectivity index (χ0) is 12.0. The summed E-state index contributed by atoms with van der Waals surface area (Å²) in [6, 6.07) is 4.36. The summed E-state index contributed by atoms with van der Waals surface area (Å²) in [5.41, 5.74) is 5.31. The number of hydrogen-bond acceptors (Lipinski definition) is 3. The van der Waals surface area contributed by atoms with Crippen molar-refractivity contribution >= 4 is 11.7 Å². The van der Waals surface area contributed by atoms with Crippen LogP contribution >= 0.6 is 0 Å². The second-order valence-corrected chi connectivity index (χ2v) is 4.85. The van der Waals surface area contributed by atoms with Crippen LogP contribution < -0.4 is 4.90 Å². The molecule has 17 heavy (non-hydrogen) atoms. The lowest BCUT2D eigenvalue weighted by Crippen LogP contribution is -2.39. The van der Waals surface area contributed by atoms with Crippen LogP contribution in [0.15, 0.2) is 12.1 Å². The number of esters is 1. The topological polar surface area (TPSA) is 29.5 Å². The minimum atomic E-state index is -0.0898. The number of rotatable bonds is 2. The van der Waals surface area contributed by atoms with Gasteiger partial charge in [-0.1, -0.05) is 17.7 Å². The van der Waals surface area contributed by atoms with Gasteiger partial charge in [0.2, 0.25) is 0 Å². The van der Waals surface area contributed by atoms with Gasteiger partial charge in [0.05, 0.1) is 6.61 Å². The molecule has 1 aromatic rings. The molecule has 1 unspecified atom stereocenters. The molecule has 3 nitrogen and oxygen atoms in total. The minimum absolute atomic E-state index is 0.0748. The monoisotopic (exact) mass is 231 g/mol. The first-order valence-electron chi connectivity index (χ1n) is 6.26. The number of hydrogen-bond donors (Lipinski definition) is 0. The Kier molecular flexibility index (Phi) is 2.35. The molecule has 0 amide bonds. The van der Waals surface area contributed by atoms with Crippen molar-refractivity contribution in [1.29, 1.82) is 0 Å². The number of benzene rings is 1. The smallest absolute Gasteiger partial charge is 0.329 e. The molecule has 90 valence electrons. The Bertz CT molecular complexity index is 481. The van der Waals surface area contributed by atoms with E-state index < -0.39 is 0 Å². The first-order chi connectivity index (χ1) is 8.20. The molecule has 2 heterocycles. The van der Waals surface area contributed by atoms with E-state index in [9.17, 15) is 4.79 Å². The number of anilines is 1. The van der Waals surface area contributed by atoms with Crippen LogP contribution in [0.5, 0.6) is 0 Å². The van der Waals surface area contributed by atoms with Crippen LogP contribution in [-0.2, 0) is 22.4 Å². The number of carbonyl (C=O) groups is 1. The molecule has 0 spiro atoms. The number of carbonyl (C=O) groups excluding carboxylic acids is 1. The van der Waals surface area contributed by atoms with E-state index in [1.807, 2.05) is 6.92 Å². The van der Waals surface area contributed by atoms with Gasteiger partial charge in [0.25, 0.3) is 0 Å². The van der Waals surface area contributed by atoms with Crippen molar-refractivity contribution in [3.05, 3.63) is 28.8 Å². The van der Waals surface area contributed by atoms with Crippen molar-refractivity contribution in [3.63, 3.8) is 0 Å². The summed E-state index contributed by atoms with van der Waals surface area (Å²) in [5.74, 6) is -0.0748. The fourth-order valence-electron chi connectivity index (χ4n) is 3.08. The van der Waals surface area contributed by atoms with Crippen molar-refractivity contribution in [3.8, 4) is 0 Å². The average molecular weight is 231 g/mol. The first kappa shape index (κ1) is 10.6. The fraction of sp³-hybridized carbons (Fsp3) is 0.500. The summed E-state index contributed by atoms with van der Waals surface area (Å²) in [4.78, 5) is 14.2. The Labute approximate surface area is 101 Å². The van der Waals surface area contributed by atoms with Crippen molar-refractivity contribution < 1.29 is 9.53 Å². The van der Waals surface area contributed by atoms with Gasteiger partial charge in [-0.3, -0.25) is 0 Å². The Hall–Kier alpha value is -1.51. The lowest BCUT2D eigenvalue weighted by atomic mass is 10.0. The molecule has 0 fully saturated rings. The summed E-state index contributed by atoms with van der Waals surface area (Å²) >= 11 is 0. The van der Waals surface area contributed by atoms with Gasteiger partial charge in [-0.25, -0.2) is 4.79 Å². The third kappa shape index (κ3) is 1.53. The SMILES string of the molecule is CCOC(=O)C1Cc2cc(C)cc3c2N1CC3. The highest BCUT2D eigenvalue weighted by molar-refractivity contribution is 5.86. The Morgan fingerprint density at radius 3 is 3.00 bits per heavy atom. The minimum Gasteiger partial charge on any atom is -0.464 e. The van der Waals surface area contributed by atoms with Crippen molar-refractivity contribution in [2.24, 2.45) is 0 Å². The number of aryl methyl sites for hydroxylation is 1. The maximum Gasteiger partial charge on any atom is 0.329 e. The maximum absolute atomic E-state index is 11.9. The summed E-state index contributed by atoms with van der Waals surface area (Å²) in [7, 11) is 0. The molecule has 0 radical (unpaired) electrons. The Morgan fingerprint density at radius 1 is 1.47 bits per heavy atom. The van der Waals surface area contributed by atoms with E-state index in [0.717, 1.165) is 19.4 Å². The number of ether oxygens (including phenoxy) is 1. The van der Waals surface area contributed by atoms with E-state index in [1.165, 1.54) is 22.4 Å². The molecule has 1 aromatic carbocycles. The average Bonchev–Trinajstić information content (AvgIpc) is 2.84. The molecule has 1 atom stereocenters. The van der Waals surface area contributed by atoms with E-state index in [-0.39, 0.29) is 12.0 Å². The zero-order valence-electron chi connectivity index (χ0n) is 10.3. The van der Waals surface area contributed by atoms with Gasteiger partial charge in [-0.15, -0.1) is 0 Å². The van der Waals surface area contributed by atoms with Gasteiger partial charge in [0.1, 0.15) is 6.04 Å². The van der Waals surface area contributed by atoms with Gasteiger partial charge in [-0.05, 0) is 31.4 Å². The highest BCUT2D eigenvalue weighted by atomic mass is 16.5. The molecule has 0 aromatic heterocycles. The molecule has 3 heteroatoms. The third-order valence-electron chi connectivity index (χ3n) is 3.67. The molecule has 0 saturated carbocycles. The zero-order valence-corrected chi connectivity index (χ0v) is 10.3. The normalized spacial score (nSPS) is 20.6. The molecular weight excluding hydrogens is 214 g/mol. The predicted octanol–water partition coefficient (Wildman–Crippen LogP) is 1.85. The number of nitrogens with zero attached hydrogens (tertiary/aromatic N) is 1. The van der Waals surface area contributed by atoms with Crippen molar-refractivity contribution in [1.82, 2.24) is 0 Å². The van der Waals surface area contributed by atoms with E-state index >= 15 is 0 Å². The van der Waals surface area contributed by atoms with E-state index in [4.69, 9.17) is 4.74 Å². The summed E-state index contributed by atoms with van der Waals surface area (Å²) in [6.07, 6.45) is 1.86. The standard InChI is InChI=1S/C14H17NO2/c1-3-17-14(16)12-8-11-7-9(2)6-10-4-5-15(12)13(10)11/h6-7,12H,3-5,8H2,1-2H3. The van der Waals surface area contributed by atoms with Gasteiger partial charge < -0.3 is 9.64 Å². The molecule has 0 saturated heterocycles. The van der Waals surface area contributed by atoms with Crippen LogP contribution in [0.3, 0.4) is 0 Å². The van der Waals surface area contributed by atoms with Gasteiger partial charge in [0.15, 0.2) is 0 Å². The summed E-state index contributed by atoms with van der Waals surface area (Å²) in [6.45, 7) is 5.40. The molecule has 2 aliphatic heterocycles. The van der Waals surface area contributed by atoms with Crippen LogP contribution in [0.4, 0.5) is 5.69 Å². The second kappa shape index (κ2) is 3.76. The highest BCUT2D eigenvalue weighted by Gasteiger charge is 2.39. The van der Waals surface area contributed by atoms with Gasteiger partial charge in [0, 0.05) is 18.7 Å². The summed E-state index contributed by atoms with van der Waals surface area (Å²) in [5, 5.41) is 0. The second-order valence-electron chi connectivity index (χ2n) is 4.85. The van der Waals surface area contributed by atoms with Crippen LogP contribution in [0.25, 0.3) is 0 Å². The third-order valence-corrected chi connectivity index (χ3v) is 3.67. The molecule has 0 bridgehead atoms. The van der Waals surface area contributed by atoms with Crippen molar-refractivity contribution in [2.75, 3.05) is 18.1 Å². The molecular formula is C14H17NO2. The van der Waals surface area contributed by atoms with Crippen LogP contribution in [0, 0.1) is 6.92 Å². The molecule has 0 aliphatic carbocycles. The molecule has 2 aliphatic rings. The van der Waals surface area contributed by atoms with E-state index in [0.29, 0.717) is 6.61 Å². The maximum atomic E-state index is 11.9. The Morgan fingerprint density at radius 2 is 2.24 bits per heavy atom. The predicted molar refractivity (Wildman–Crippen MR) is 66.4 cm³/mol. The molecule has 0 N–H and O–H groups in total. The van der Waals surface area contributed by atoms with E-state index in [2.05, 4.69) is 24.0 Å². The summed E-state index contributed by atoms with van der Waals surface area (Å²) < 4.78 is 5.16. The van der Waals surface area contributed by atoms with Crippen LogP contribution in [-0.4, -0.2) is 25.2 Å². The quantitative estimate of drug-likeness (QED) is 0.727. The van der Waals surface area contributed by atoms with Crippen LogP contribution in [0.1, 0.15) is 23.6 Å². The van der Waals surface area contributed by atoms with Gasteiger partial charge in [-0.2, -0.15) is 0 Å². The van der Waals surface area contributed by atoms with Crippen molar-refractivity contribution in [2.45, 2.75) is 32.7 Å². The van der Waals surface area contributed by atoms with Gasteiger partial charge >= 0.3 is 5.97 Å². The lowest BCUT2D eigenvalue weighted by molar-refractivity contribution is -0.144. The fourth-order valence-corrected chi connectivity index (χ4v) is 3.08. The highest BCUT2D eigenvalue weighted by Crippen LogP contribution is 2.41. The molecule has 3 rings (SSSR count). The first-order valence-corrected chi connectivity index (χ1v) is 6.26. The lowest BCUT2D eigenvalue weighted by Gasteiger charge is -2.21. The van der Waals surface area contributed by atoms with E-state index in [1.54, 1.807) is 0 Å².